The number of halogens is 1. The minimum Gasteiger partial charge on any atom is -0.318 e. The number of nitrogens with zero attached hydrogens (tertiary/aromatic N) is 3. The molecule has 0 unspecified atom stereocenters. The lowest BCUT2D eigenvalue weighted by atomic mass is 10.1. The molecule has 0 aliphatic heterocycles. The Morgan fingerprint density at radius 1 is 1.50 bits per heavy atom. The molecule has 0 amide bonds. The van der Waals surface area contributed by atoms with Crippen LogP contribution in [0.25, 0.3) is 0 Å². The van der Waals surface area contributed by atoms with Crippen LogP contribution in [0.3, 0.4) is 0 Å². The Hall–Kier alpha value is -2.45. The Balaban J connectivity index is 2.48. The fraction of sp³-hybridized carbons (Fsp3) is 0.0909. The van der Waals surface area contributed by atoms with Gasteiger partial charge in [-0.2, -0.15) is 0 Å². The highest BCUT2D eigenvalue weighted by molar-refractivity contribution is 6.30. The molecule has 1 aromatic carbocycles. The van der Waals surface area contributed by atoms with Crippen molar-refractivity contribution in [1.29, 1.82) is 0 Å². The van der Waals surface area contributed by atoms with Crippen molar-refractivity contribution in [2.75, 3.05) is 5.43 Å². The van der Waals surface area contributed by atoms with E-state index in [-0.39, 0.29) is 22.9 Å². The van der Waals surface area contributed by atoms with Gasteiger partial charge < -0.3 is 5.43 Å². The number of hydrogen-bond acceptors (Lipinski definition) is 6. The first-order chi connectivity index (χ1) is 9.52. The second-order valence-electron chi connectivity index (χ2n) is 3.90. The summed E-state index contributed by atoms with van der Waals surface area (Å²) >= 11 is 5.77. The zero-order valence-electron chi connectivity index (χ0n) is 10.1. The van der Waals surface area contributed by atoms with Gasteiger partial charge in [-0.3, -0.25) is 20.5 Å². The molecular weight excluding hydrogens is 286 g/mol. The Bertz CT molecular complexity index is 715. The summed E-state index contributed by atoms with van der Waals surface area (Å²) in [7, 11) is 0. The van der Waals surface area contributed by atoms with E-state index in [2.05, 4.69) is 10.4 Å². The van der Waals surface area contributed by atoms with Crippen molar-refractivity contribution >= 4 is 23.0 Å². The first-order valence-corrected chi connectivity index (χ1v) is 5.85. The third-order valence-corrected chi connectivity index (χ3v) is 2.83. The normalized spacial score (nSPS) is 10.3. The molecule has 0 aliphatic rings. The van der Waals surface area contributed by atoms with E-state index in [0.717, 1.165) is 0 Å². The lowest BCUT2D eigenvalue weighted by Gasteiger charge is -2.10. The molecule has 0 aliphatic carbocycles. The lowest BCUT2D eigenvalue weighted by Crippen LogP contribution is -2.23. The molecule has 0 fully saturated rings. The fourth-order valence-electron chi connectivity index (χ4n) is 1.76. The maximum Gasteiger partial charge on any atom is 0.347 e. The second kappa shape index (κ2) is 5.68. The summed E-state index contributed by atoms with van der Waals surface area (Å²) in [6.07, 6.45) is 2.63. The van der Waals surface area contributed by atoms with Crippen LogP contribution in [0, 0.1) is 10.1 Å². The van der Waals surface area contributed by atoms with Crippen molar-refractivity contribution in [2.24, 2.45) is 5.84 Å². The largest absolute Gasteiger partial charge is 0.347 e. The molecule has 8 nitrogen and oxygen atoms in total. The van der Waals surface area contributed by atoms with Crippen LogP contribution in [-0.2, 0) is 6.54 Å². The summed E-state index contributed by atoms with van der Waals surface area (Å²) in [4.78, 5) is 25.5. The molecule has 1 aromatic heterocycles. The number of nitro groups is 1. The summed E-state index contributed by atoms with van der Waals surface area (Å²) < 4.78 is 1.24. The van der Waals surface area contributed by atoms with E-state index >= 15 is 0 Å². The zero-order valence-corrected chi connectivity index (χ0v) is 10.9. The molecule has 0 bridgehead atoms. The molecular formula is C11H10ClN5O3. The maximum atomic E-state index is 11.6. The van der Waals surface area contributed by atoms with Gasteiger partial charge in [0, 0.05) is 17.8 Å². The molecule has 0 saturated carbocycles. The molecule has 2 rings (SSSR count). The van der Waals surface area contributed by atoms with E-state index < -0.39 is 10.6 Å². The predicted octanol–water partition coefficient (Wildman–Crippen LogP) is 1.14. The Morgan fingerprint density at radius 3 is 2.90 bits per heavy atom. The molecule has 0 radical (unpaired) electrons. The van der Waals surface area contributed by atoms with E-state index in [9.17, 15) is 14.9 Å². The number of rotatable bonds is 4. The van der Waals surface area contributed by atoms with Crippen molar-refractivity contribution < 1.29 is 4.92 Å². The average molecular weight is 296 g/mol. The lowest BCUT2D eigenvalue weighted by molar-refractivity contribution is -0.384. The molecule has 2 aromatic rings. The minimum absolute atomic E-state index is 0.0631. The van der Waals surface area contributed by atoms with Gasteiger partial charge in [0.05, 0.1) is 22.7 Å². The van der Waals surface area contributed by atoms with Crippen LogP contribution in [0.1, 0.15) is 5.56 Å². The third-order valence-electron chi connectivity index (χ3n) is 2.63. The summed E-state index contributed by atoms with van der Waals surface area (Å²) in [5.74, 6) is 5.33. The van der Waals surface area contributed by atoms with Crippen LogP contribution in [0.15, 0.2) is 35.4 Å². The van der Waals surface area contributed by atoms with E-state index in [1.807, 2.05) is 0 Å². The summed E-state index contributed by atoms with van der Waals surface area (Å²) in [5, 5.41) is 11.2. The van der Waals surface area contributed by atoms with E-state index in [0.29, 0.717) is 5.56 Å². The number of nitrogens with one attached hydrogen (secondary N) is 1. The molecule has 0 spiro atoms. The smallest absolute Gasteiger partial charge is 0.318 e. The first kappa shape index (κ1) is 14.0. The number of nitrogens with two attached hydrogens (primary N) is 1. The zero-order chi connectivity index (χ0) is 14.7. The van der Waals surface area contributed by atoms with Crippen molar-refractivity contribution in [3.63, 3.8) is 0 Å². The predicted molar refractivity (Wildman–Crippen MR) is 73.5 cm³/mol. The number of hydrazine groups is 1. The molecule has 9 heteroatoms. The van der Waals surface area contributed by atoms with E-state index in [4.69, 9.17) is 17.4 Å². The van der Waals surface area contributed by atoms with Crippen LogP contribution in [0.4, 0.5) is 11.4 Å². The molecule has 1 heterocycles. The van der Waals surface area contributed by atoms with E-state index in [1.165, 1.54) is 29.1 Å². The van der Waals surface area contributed by atoms with Gasteiger partial charge in [0.2, 0.25) is 0 Å². The molecule has 3 N–H and O–H groups in total. The maximum absolute atomic E-state index is 11.6. The molecule has 0 saturated heterocycles. The highest BCUT2D eigenvalue weighted by Crippen LogP contribution is 2.27. The quantitative estimate of drug-likeness (QED) is 0.496. The van der Waals surface area contributed by atoms with Gasteiger partial charge in [0.15, 0.2) is 0 Å². The standard InChI is InChI=1S/C11H10ClN5O3/c12-8-4-14-11(18)16(6-8)5-7-2-1-3-9(17(19)20)10(7)15-13/h1-4,6,15H,5,13H2. The van der Waals surface area contributed by atoms with E-state index in [1.54, 1.807) is 6.07 Å². The van der Waals surface area contributed by atoms with Crippen LogP contribution in [0.2, 0.25) is 5.02 Å². The topological polar surface area (TPSA) is 116 Å². The van der Waals surface area contributed by atoms with Crippen LogP contribution in [-0.4, -0.2) is 14.5 Å². The highest BCUT2D eigenvalue weighted by atomic mass is 35.5. The van der Waals surface area contributed by atoms with Crippen molar-refractivity contribution in [2.45, 2.75) is 6.54 Å². The molecule has 0 atom stereocenters. The number of anilines is 1. The SMILES string of the molecule is NNc1c(Cn2cc(Cl)cnc2=O)cccc1[N+](=O)[O-]. The van der Waals surface area contributed by atoms with Crippen LogP contribution < -0.4 is 17.0 Å². The van der Waals surface area contributed by atoms with Gasteiger partial charge in [-0.25, -0.2) is 9.78 Å². The van der Waals surface area contributed by atoms with Gasteiger partial charge in [0.1, 0.15) is 5.69 Å². The highest BCUT2D eigenvalue weighted by Gasteiger charge is 2.17. The van der Waals surface area contributed by atoms with Gasteiger partial charge in [0.25, 0.3) is 5.69 Å². The molecule has 20 heavy (non-hydrogen) atoms. The summed E-state index contributed by atoms with van der Waals surface area (Å²) in [5.41, 5.74) is 2.23. The van der Waals surface area contributed by atoms with Crippen molar-refractivity contribution in [1.82, 2.24) is 9.55 Å². The Morgan fingerprint density at radius 2 is 2.25 bits per heavy atom. The van der Waals surface area contributed by atoms with Crippen LogP contribution >= 0.6 is 11.6 Å². The number of hydrogen-bond donors (Lipinski definition) is 2. The Kier molecular flexibility index (Phi) is 3.97. The molecule has 104 valence electrons. The average Bonchev–Trinajstić information content (AvgIpc) is 2.42. The first-order valence-electron chi connectivity index (χ1n) is 5.48. The number of para-hydroxylation sites is 1. The monoisotopic (exact) mass is 295 g/mol. The van der Waals surface area contributed by atoms with Crippen LogP contribution in [0.5, 0.6) is 0 Å². The number of nitro benzene ring substituents is 1. The number of nitrogen functional groups attached to an aromatic ring is 1. The van der Waals surface area contributed by atoms with Gasteiger partial charge >= 0.3 is 5.69 Å². The fourth-order valence-corrected chi connectivity index (χ4v) is 1.93. The minimum atomic E-state index is -0.558. The Labute approximate surface area is 117 Å². The van der Waals surface area contributed by atoms with Gasteiger partial charge in [-0.15, -0.1) is 0 Å². The van der Waals surface area contributed by atoms with Gasteiger partial charge in [-0.1, -0.05) is 23.7 Å². The number of benzene rings is 1. The number of aromatic nitrogens is 2. The van der Waals surface area contributed by atoms with Crippen molar-refractivity contribution in [3.05, 3.63) is 61.8 Å². The van der Waals surface area contributed by atoms with Gasteiger partial charge in [-0.05, 0) is 0 Å². The van der Waals surface area contributed by atoms with Crippen molar-refractivity contribution in [3.8, 4) is 0 Å². The second-order valence-corrected chi connectivity index (χ2v) is 4.33. The third kappa shape index (κ3) is 2.76. The summed E-state index contributed by atoms with van der Waals surface area (Å²) in [6, 6.07) is 4.45. The summed E-state index contributed by atoms with van der Waals surface area (Å²) in [6.45, 7) is 0.0631.